The minimum atomic E-state index is -0.278. The minimum absolute atomic E-state index is 0.0862. The third kappa shape index (κ3) is 5.36. The fraction of sp³-hybridized carbons (Fsp3) is 0.310. The fourth-order valence-electron chi connectivity index (χ4n) is 4.97. The van der Waals surface area contributed by atoms with E-state index in [1.54, 1.807) is 21.3 Å². The van der Waals surface area contributed by atoms with Crippen molar-refractivity contribution in [1.29, 1.82) is 0 Å². The molecule has 1 fully saturated rings. The molecule has 8 nitrogen and oxygen atoms in total. The summed E-state index contributed by atoms with van der Waals surface area (Å²) >= 11 is 6.33. The number of fused-ring (bicyclic) bond motifs is 1. The third-order valence-electron chi connectivity index (χ3n) is 7.08. The van der Waals surface area contributed by atoms with Crippen molar-refractivity contribution in [2.75, 3.05) is 52.4 Å². The number of piperazine rings is 1. The Morgan fingerprint density at radius 3 is 2.18 bits per heavy atom. The van der Waals surface area contributed by atoms with Gasteiger partial charge in [-0.1, -0.05) is 11.6 Å². The van der Waals surface area contributed by atoms with Gasteiger partial charge in [0, 0.05) is 62.7 Å². The third-order valence-corrected chi connectivity index (χ3v) is 7.30. The fourth-order valence-corrected chi connectivity index (χ4v) is 5.13. The number of nitrogens with zero attached hydrogens (tertiary/aromatic N) is 4. The molecule has 1 aliphatic rings. The van der Waals surface area contributed by atoms with Crippen LogP contribution in [0.1, 0.15) is 23.6 Å². The van der Waals surface area contributed by atoms with Gasteiger partial charge in [-0.3, -0.25) is 4.79 Å². The lowest BCUT2D eigenvalue weighted by Crippen LogP contribution is -2.49. The van der Waals surface area contributed by atoms with Crippen molar-refractivity contribution in [1.82, 2.24) is 14.3 Å². The maximum atomic E-state index is 13.7. The molecular weight excluding hydrogens is 504 g/mol. The molecule has 3 heterocycles. The number of carbonyl (C=O) groups excluding carboxylic acids is 1. The lowest BCUT2D eigenvalue weighted by Gasteiger charge is -2.36. The van der Waals surface area contributed by atoms with Gasteiger partial charge in [0.2, 0.25) is 5.91 Å². The van der Waals surface area contributed by atoms with Gasteiger partial charge in [0.15, 0.2) is 0 Å². The van der Waals surface area contributed by atoms with Crippen LogP contribution in [0.5, 0.6) is 17.2 Å². The lowest BCUT2D eigenvalue weighted by molar-refractivity contribution is -0.131. The molecule has 4 aromatic rings. The molecule has 0 N–H and O–H groups in total. The summed E-state index contributed by atoms with van der Waals surface area (Å²) in [7, 11) is 4.90. The second kappa shape index (κ2) is 11.2. The summed E-state index contributed by atoms with van der Waals surface area (Å²) in [6.07, 6.45) is 3.93. The number of aromatic nitrogens is 2. The minimum Gasteiger partial charge on any atom is -0.497 e. The smallest absolute Gasteiger partial charge is 0.223 e. The predicted molar refractivity (Wildman–Crippen MR) is 148 cm³/mol. The van der Waals surface area contributed by atoms with Crippen molar-refractivity contribution in [3.8, 4) is 17.2 Å². The van der Waals surface area contributed by atoms with Crippen molar-refractivity contribution in [3.63, 3.8) is 0 Å². The standard InChI is InChI=1S/C29H31ClN4O4/c1-36-23-7-5-22(6-8-23)32-10-12-33(13-11-32)29(35)17-26(20-14-24(37-2)16-25(15-20)38-3)27-18-31-28-9-4-21(30)19-34(27)28/h4-9,14-16,18-19,26H,10-13,17H2,1-3H3. The summed E-state index contributed by atoms with van der Waals surface area (Å²) < 4.78 is 18.3. The molecule has 1 atom stereocenters. The van der Waals surface area contributed by atoms with E-state index in [0.29, 0.717) is 29.6 Å². The molecule has 2 aromatic heterocycles. The zero-order chi connectivity index (χ0) is 26.6. The van der Waals surface area contributed by atoms with E-state index in [1.807, 2.05) is 64.2 Å². The average molecular weight is 535 g/mol. The van der Waals surface area contributed by atoms with E-state index in [0.717, 1.165) is 41.4 Å². The molecule has 0 aliphatic carbocycles. The number of ether oxygens (including phenoxy) is 3. The van der Waals surface area contributed by atoms with Crippen LogP contribution in [0.2, 0.25) is 5.02 Å². The number of methoxy groups -OCH3 is 3. The van der Waals surface area contributed by atoms with Crippen molar-refractivity contribution in [2.24, 2.45) is 0 Å². The van der Waals surface area contributed by atoms with E-state index >= 15 is 0 Å². The van der Waals surface area contributed by atoms with Gasteiger partial charge in [-0.15, -0.1) is 0 Å². The van der Waals surface area contributed by atoms with E-state index in [2.05, 4.69) is 22.0 Å². The number of amides is 1. The van der Waals surface area contributed by atoms with E-state index in [9.17, 15) is 4.79 Å². The van der Waals surface area contributed by atoms with Crippen LogP contribution in [0.25, 0.3) is 5.65 Å². The summed E-state index contributed by atoms with van der Waals surface area (Å²) in [6.45, 7) is 2.83. The Labute approximate surface area is 227 Å². The summed E-state index contributed by atoms with van der Waals surface area (Å²) in [4.78, 5) is 22.5. The monoisotopic (exact) mass is 534 g/mol. The molecule has 9 heteroatoms. The molecule has 5 rings (SSSR count). The average Bonchev–Trinajstić information content (AvgIpc) is 3.38. The molecule has 0 radical (unpaired) electrons. The lowest BCUT2D eigenvalue weighted by atomic mass is 9.91. The first-order valence-corrected chi connectivity index (χ1v) is 12.9. The summed E-state index contributed by atoms with van der Waals surface area (Å²) in [6, 6.07) is 17.4. The Bertz CT molecular complexity index is 1390. The Hall–Kier alpha value is -3.91. The maximum absolute atomic E-state index is 13.7. The quantitative estimate of drug-likeness (QED) is 0.321. The Kier molecular flexibility index (Phi) is 7.60. The van der Waals surface area contributed by atoms with Gasteiger partial charge in [-0.2, -0.15) is 0 Å². The van der Waals surface area contributed by atoms with Crippen LogP contribution < -0.4 is 19.1 Å². The van der Waals surface area contributed by atoms with E-state index in [1.165, 1.54) is 0 Å². The highest BCUT2D eigenvalue weighted by Gasteiger charge is 2.28. The predicted octanol–water partition coefficient (Wildman–Crippen LogP) is 4.88. The second-order valence-electron chi connectivity index (χ2n) is 9.23. The Balaban J connectivity index is 1.40. The molecule has 0 bridgehead atoms. The number of halogens is 1. The SMILES string of the molecule is COc1ccc(N2CCN(C(=O)CC(c3cc(OC)cc(OC)c3)c3cnc4ccc(Cl)cn34)CC2)cc1. The normalized spacial score (nSPS) is 14.4. The number of pyridine rings is 1. The van der Waals surface area contributed by atoms with Crippen LogP contribution >= 0.6 is 11.6 Å². The van der Waals surface area contributed by atoms with Gasteiger partial charge in [0.25, 0.3) is 0 Å². The molecule has 0 spiro atoms. The highest BCUT2D eigenvalue weighted by Crippen LogP contribution is 2.35. The first-order valence-electron chi connectivity index (χ1n) is 12.5. The van der Waals surface area contributed by atoms with Crippen molar-refractivity contribution >= 4 is 28.8 Å². The van der Waals surface area contributed by atoms with E-state index in [4.69, 9.17) is 25.8 Å². The van der Waals surface area contributed by atoms with E-state index in [-0.39, 0.29) is 18.2 Å². The zero-order valence-corrected chi connectivity index (χ0v) is 22.5. The van der Waals surface area contributed by atoms with Crippen LogP contribution in [-0.4, -0.2) is 67.7 Å². The summed E-state index contributed by atoms with van der Waals surface area (Å²) in [5, 5.41) is 0.597. The Morgan fingerprint density at radius 2 is 1.55 bits per heavy atom. The number of imidazole rings is 1. The molecule has 0 saturated carbocycles. The zero-order valence-electron chi connectivity index (χ0n) is 21.8. The number of hydrogen-bond donors (Lipinski definition) is 0. The topological polar surface area (TPSA) is 68.5 Å². The van der Waals surface area contributed by atoms with Crippen LogP contribution in [0.4, 0.5) is 5.69 Å². The van der Waals surface area contributed by atoms with Crippen LogP contribution in [0.3, 0.4) is 0 Å². The highest BCUT2D eigenvalue weighted by molar-refractivity contribution is 6.30. The molecule has 38 heavy (non-hydrogen) atoms. The van der Waals surface area contributed by atoms with Crippen molar-refractivity contribution < 1.29 is 19.0 Å². The largest absolute Gasteiger partial charge is 0.497 e. The number of anilines is 1. The molecule has 1 unspecified atom stereocenters. The maximum Gasteiger partial charge on any atom is 0.223 e. The van der Waals surface area contributed by atoms with E-state index < -0.39 is 0 Å². The molecule has 2 aromatic carbocycles. The number of hydrogen-bond acceptors (Lipinski definition) is 6. The number of carbonyl (C=O) groups is 1. The summed E-state index contributed by atoms with van der Waals surface area (Å²) in [5.41, 5.74) is 3.68. The molecule has 1 saturated heterocycles. The number of benzene rings is 2. The van der Waals surface area contributed by atoms with Crippen molar-refractivity contribution in [3.05, 3.63) is 83.3 Å². The van der Waals surface area contributed by atoms with Gasteiger partial charge >= 0.3 is 0 Å². The van der Waals surface area contributed by atoms with Crippen LogP contribution in [0, 0.1) is 0 Å². The second-order valence-corrected chi connectivity index (χ2v) is 9.66. The molecule has 198 valence electrons. The van der Waals surface area contributed by atoms with Crippen LogP contribution in [0.15, 0.2) is 67.0 Å². The van der Waals surface area contributed by atoms with Gasteiger partial charge in [0.1, 0.15) is 22.9 Å². The molecule has 1 amide bonds. The Morgan fingerprint density at radius 1 is 0.895 bits per heavy atom. The van der Waals surface area contributed by atoms with Gasteiger partial charge in [0.05, 0.1) is 32.0 Å². The highest BCUT2D eigenvalue weighted by atomic mass is 35.5. The van der Waals surface area contributed by atoms with Crippen molar-refractivity contribution in [2.45, 2.75) is 12.3 Å². The first kappa shape index (κ1) is 25.7. The van der Waals surface area contributed by atoms with Gasteiger partial charge in [-0.25, -0.2) is 4.98 Å². The van der Waals surface area contributed by atoms with Gasteiger partial charge in [-0.05, 0) is 54.1 Å². The first-order chi connectivity index (χ1) is 18.5. The number of rotatable bonds is 8. The van der Waals surface area contributed by atoms with Gasteiger partial charge < -0.3 is 28.4 Å². The summed E-state index contributed by atoms with van der Waals surface area (Å²) in [5.74, 6) is 1.97. The molecule has 1 aliphatic heterocycles. The van der Waals surface area contributed by atoms with Crippen LogP contribution in [-0.2, 0) is 4.79 Å². The molecular formula is C29H31ClN4O4.